The smallest absolute Gasteiger partial charge is 0.357 e. The number of esters is 1. The normalized spacial score (nSPS) is 11.0. The Morgan fingerprint density at radius 1 is 1.17 bits per heavy atom. The second kappa shape index (κ2) is 7.92. The van der Waals surface area contributed by atoms with Gasteiger partial charge in [0.15, 0.2) is 10.9 Å². The van der Waals surface area contributed by atoms with Gasteiger partial charge < -0.3 is 4.74 Å². The third kappa shape index (κ3) is 3.79. The summed E-state index contributed by atoms with van der Waals surface area (Å²) in [7, 11) is 0. The molecule has 3 heterocycles. The number of ether oxygens (including phenoxy) is 1. The molecule has 7 nitrogen and oxygen atoms in total. The number of aromatic nitrogens is 4. The molecule has 0 radical (unpaired) electrons. The van der Waals surface area contributed by atoms with Crippen molar-refractivity contribution in [2.45, 2.75) is 18.7 Å². The van der Waals surface area contributed by atoms with Crippen LogP contribution >= 0.6 is 11.8 Å². The van der Waals surface area contributed by atoms with Gasteiger partial charge in [-0.15, -0.1) is 0 Å². The number of benzene rings is 1. The standard InChI is InChI=1S/C21H18N4O3S/c1-14-8-9-24-18(10-14)23-15(11-19(24)26)13-28-20(27)17-12-22-21(29-2)25(17)16-6-4-3-5-7-16/h3-12H,13H2,1-2H3. The molecule has 146 valence electrons. The number of para-hydroxylation sites is 1. The van der Waals surface area contributed by atoms with E-state index in [1.165, 1.54) is 28.4 Å². The van der Waals surface area contributed by atoms with E-state index in [0.717, 1.165) is 11.3 Å². The fourth-order valence-corrected chi connectivity index (χ4v) is 3.54. The molecule has 0 aliphatic rings. The van der Waals surface area contributed by atoms with Crippen LogP contribution in [0.2, 0.25) is 0 Å². The summed E-state index contributed by atoms with van der Waals surface area (Å²) in [6.07, 6.45) is 5.07. The van der Waals surface area contributed by atoms with Gasteiger partial charge in [0.05, 0.1) is 11.9 Å². The van der Waals surface area contributed by atoms with Crippen LogP contribution in [0.4, 0.5) is 0 Å². The van der Waals surface area contributed by atoms with E-state index in [-0.39, 0.29) is 12.2 Å². The van der Waals surface area contributed by atoms with Crippen molar-refractivity contribution in [1.29, 1.82) is 0 Å². The lowest BCUT2D eigenvalue weighted by Gasteiger charge is -2.11. The maximum atomic E-state index is 12.7. The molecule has 1 aromatic carbocycles. The van der Waals surface area contributed by atoms with E-state index >= 15 is 0 Å². The number of carbonyl (C=O) groups is 1. The topological polar surface area (TPSA) is 78.5 Å². The number of hydrogen-bond donors (Lipinski definition) is 0. The first-order valence-electron chi connectivity index (χ1n) is 8.90. The molecule has 0 bridgehead atoms. The van der Waals surface area contributed by atoms with Crippen molar-refractivity contribution in [2.24, 2.45) is 0 Å². The number of imidazole rings is 1. The lowest BCUT2D eigenvalue weighted by Crippen LogP contribution is -2.17. The molecule has 0 N–H and O–H groups in total. The summed E-state index contributed by atoms with van der Waals surface area (Å²) in [5.41, 5.74) is 2.81. The van der Waals surface area contributed by atoms with Crippen LogP contribution in [0, 0.1) is 6.92 Å². The zero-order valence-corrected chi connectivity index (χ0v) is 16.7. The van der Waals surface area contributed by atoms with Gasteiger partial charge in [-0.05, 0) is 43.0 Å². The largest absolute Gasteiger partial charge is 0.454 e. The van der Waals surface area contributed by atoms with Crippen LogP contribution in [0.15, 0.2) is 70.9 Å². The van der Waals surface area contributed by atoms with Gasteiger partial charge >= 0.3 is 5.97 Å². The third-order valence-corrected chi connectivity index (χ3v) is 5.02. The van der Waals surface area contributed by atoms with E-state index in [9.17, 15) is 9.59 Å². The Kier molecular flexibility index (Phi) is 5.18. The second-order valence-electron chi connectivity index (χ2n) is 6.40. The van der Waals surface area contributed by atoms with Crippen LogP contribution in [0.5, 0.6) is 0 Å². The second-order valence-corrected chi connectivity index (χ2v) is 7.17. The van der Waals surface area contributed by atoms with Crippen molar-refractivity contribution in [3.63, 3.8) is 0 Å². The molecule has 0 saturated heterocycles. The molecule has 3 aromatic heterocycles. The van der Waals surface area contributed by atoms with Crippen molar-refractivity contribution in [3.05, 3.63) is 88.2 Å². The van der Waals surface area contributed by atoms with Gasteiger partial charge in [-0.25, -0.2) is 14.8 Å². The lowest BCUT2D eigenvalue weighted by atomic mass is 10.3. The molecule has 0 aliphatic heterocycles. The molecular formula is C21H18N4O3S. The fraction of sp³-hybridized carbons (Fsp3) is 0.143. The van der Waals surface area contributed by atoms with Crippen molar-refractivity contribution in [2.75, 3.05) is 6.26 Å². The molecule has 0 atom stereocenters. The predicted molar refractivity (Wildman–Crippen MR) is 111 cm³/mol. The van der Waals surface area contributed by atoms with Crippen molar-refractivity contribution >= 4 is 23.4 Å². The summed E-state index contributed by atoms with van der Waals surface area (Å²) in [6, 6.07) is 14.5. The molecule has 0 amide bonds. The van der Waals surface area contributed by atoms with E-state index in [4.69, 9.17) is 4.74 Å². The quantitative estimate of drug-likeness (QED) is 0.374. The molecule has 0 unspecified atom stereocenters. The molecule has 0 aliphatic carbocycles. The van der Waals surface area contributed by atoms with Gasteiger partial charge in [0, 0.05) is 18.0 Å². The van der Waals surface area contributed by atoms with E-state index in [1.54, 1.807) is 10.8 Å². The number of thioether (sulfide) groups is 1. The van der Waals surface area contributed by atoms with Crippen LogP contribution < -0.4 is 5.56 Å². The third-order valence-electron chi connectivity index (χ3n) is 4.36. The summed E-state index contributed by atoms with van der Waals surface area (Å²) < 4.78 is 8.65. The molecule has 4 aromatic rings. The minimum Gasteiger partial charge on any atom is -0.454 e. The Hall–Kier alpha value is -3.39. The number of pyridine rings is 1. The summed E-state index contributed by atoms with van der Waals surface area (Å²) in [4.78, 5) is 33.7. The molecule has 0 fully saturated rings. The monoisotopic (exact) mass is 406 g/mol. The van der Waals surface area contributed by atoms with Gasteiger partial charge in [-0.3, -0.25) is 13.8 Å². The first-order valence-corrected chi connectivity index (χ1v) is 10.1. The molecular weight excluding hydrogens is 388 g/mol. The Balaban J connectivity index is 1.61. The first-order chi connectivity index (χ1) is 14.1. The fourth-order valence-electron chi connectivity index (χ4n) is 2.99. The first kappa shape index (κ1) is 18.9. The number of hydrogen-bond acceptors (Lipinski definition) is 6. The summed E-state index contributed by atoms with van der Waals surface area (Å²) in [5.74, 6) is -0.534. The van der Waals surface area contributed by atoms with Gasteiger partial charge in [0.25, 0.3) is 5.56 Å². The minimum absolute atomic E-state index is 0.104. The minimum atomic E-state index is -0.534. The van der Waals surface area contributed by atoms with Crippen LogP contribution in [0.25, 0.3) is 11.3 Å². The predicted octanol–water partition coefficient (Wildman–Crippen LogP) is 3.27. The van der Waals surface area contributed by atoms with E-state index in [2.05, 4.69) is 9.97 Å². The summed E-state index contributed by atoms with van der Waals surface area (Å²) in [5, 5.41) is 0.681. The molecule has 4 rings (SSSR count). The number of fused-ring (bicyclic) bond motifs is 1. The van der Waals surface area contributed by atoms with Crippen LogP contribution in [0.1, 0.15) is 21.7 Å². The van der Waals surface area contributed by atoms with E-state index < -0.39 is 5.97 Å². The zero-order valence-electron chi connectivity index (χ0n) is 15.9. The summed E-state index contributed by atoms with van der Waals surface area (Å²) in [6.45, 7) is 1.82. The Morgan fingerprint density at radius 2 is 1.97 bits per heavy atom. The molecule has 0 saturated carbocycles. The zero-order chi connectivity index (χ0) is 20.4. The molecule has 8 heteroatoms. The maximum Gasteiger partial charge on any atom is 0.357 e. The highest BCUT2D eigenvalue weighted by atomic mass is 32.2. The highest BCUT2D eigenvalue weighted by Crippen LogP contribution is 2.22. The number of carbonyl (C=O) groups excluding carboxylic acids is 1. The average Bonchev–Trinajstić information content (AvgIpc) is 3.16. The van der Waals surface area contributed by atoms with Crippen LogP contribution in [-0.4, -0.2) is 31.2 Å². The van der Waals surface area contributed by atoms with Crippen molar-refractivity contribution in [3.8, 4) is 5.69 Å². The Morgan fingerprint density at radius 3 is 2.72 bits per heavy atom. The maximum absolute atomic E-state index is 12.7. The van der Waals surface area contributed by atoms with Gasteiger partial charge in [0.2, 0.25) is 0 Å². The number of rotatable bonds is 5. The Labute approximate surface area is 171 Å². The highest BCUT2D eigenvalue weighted by molar-refractivity contribution is 7.98. The SMILES string of the molecule is CSc1ncc(C(=O)OCc2cc(=O)n3ccc(C)cc3n2)n1-c1ccccc1. The number of nitrogens with zero attached hydrogens (tertiary/aromatic N) is 4. The number of aryl methyl sites for hydroxylation is 1. The van der Waals surface area contributed by atoms with Crippen LogP contribution in [0.3, 0.4) is 0 Å². The Bertz CT molecular complexity index is 1250. The van der Waals surface area contributed by atoms with Gasteiger partial charge in [-0.2, -0.15) is 0 Å². The highest BCUT2D eigenvalue weighted by Gasteiger charge is 2.19. The lowest BCUT2D eigenvalue weighted by molar-refractivity contribution is 0.0457. The van der Waals surface area contributed by atoms with E-state index in [0.29, 0.717) is 22.2 Å². The van der Waals surface area contributed by atoms with Gasteiger partial charge in [0.1, 0.15) is 12.3 Å². The van der Waals surface area contributed by atoms with Crippen LogP contribution in [-0.2, 0) is 11.3 Å². The average molecular weight is 406 g/mol. The van der Waals surface area contributed by atoms with E-state index in [1.807, 2.05) is 55.6 Å². The molecule has 0 spiro atoms. The summed E-state index contributed by atoms with van der Waals surface area (Å²) >= 11 is 1.44. The molecule has 29 heavy (non-hydrogen) atoms. The van der Waals surface area contributed by atoms with Gasteiger partial charge in [-0.1, -0.05) is 30.0 Å². The van der Waals surface area contributed by atoms with Crippen molar-refractivity contribution in [1.82, 2.24) is 18.9 Å². The van der Waals surface area contributed by atoms with Crippen molar-refractivity contribution < 1.29 is 9.53 Å².